The molecule has 0 aromatic heterocycles. The molecule has 0 aromatic rings. The van der Waals surface area contributed by atoms with E-state index in [4.69, 9.17) is 4.74 Å². The number of ether oxygens (including phenoxy) is 1. The average molecular weight is 290 g/mol. The van der Waals surface area contributed by atoms with Gasteiger partial charge in [0, 0.05) is 41.3 Å². The Morgan fingerprint density at radius 3 is 2.56 bits per heavy atom. The first-order valence-electron chi connectivity index (χ1n) is 7.41. The summed E-state index contributed by atoms with van der Waals surface area (Å²) in [7, 11) is 0. The first kappa shape index (κ1) is 15.0. The van der Waals surface area contributed by atoms with E-state index in [9.17, 15) is 0 Å². The van der Waals surface area contributed by atoms with Gasteiger partial charge in [-0.1, -0.05) is 13.8 Å². The molecule has 2 heterocycles. The number of hydrogen-bond donors (Lipinski definition) is 1. The number of thioether (sulfide) groups is 2. The van der Waals surface area contributed by atoms with Crippen LogP contribution in [0.5, 0.6) is 0 Å². The molecule has 106 valence electrons. The van der Waals surface area contributed by atoms with Crippen LogP contribution in [-0.2, 0) is 4.74 Å². The van der Waals surface area contributed by atoms with Gasteiger partial charge in [-0.05, 0) is 31.7 Å². The van der Waals surface area contributed by atoms with Crippen LogP contribution in [0.3, 0.4) is 0 Å². The molecule has 0 aliphatic carbocycles. The molecular weight excluding hydrogens is 262 g/mol. The quantitative estimate of drug-likeness (QED) is 0.839. The Bertz CT molecular complexity index is 234. The summed E-state index contributed by atoms with van der Waals surface area (Å²) >= 11 is 4.41. The van der Waals surface area contributed by atoms with Crippen molar-refractivity contribution in [2.24, 2.45) is 5.92 Å². The minimum absolute atomic E-state index is 0.696. The molecule has 4 heteroatoms. The second kappa shape index (κ2) is 8.03. The molecule has 1 N–H and O–H groups in total. The molecular formula is C14H27NOS2. The van der Waals surface area contributed by atoms with Gasteiger partial charge in [0.1, 0.15) is 0 Å². The van der Waals surface area contributed by atoms with Crippen LogP contribution in [0, 0.1) is 5.92 Å². The molecule has 0 aromatic carbocycles. The van der Waals surface area contributed by atoms with Crippen LogP contribution in [0.4, 0.5) is 0 Å². The van der Waals surface area contributed by atoms with Crippen molar-refractivity contribution in [3.8, 4) is 0 Å². The third-order valence-corrected chi connectivity index (χ3v) is 7.43. The van der Waals surface area contributed by atoms with Crippen molar-refractivity contribution in [1.29, 1.82) is 0 Å². The van der Waals surface area contributed by atoms with E-state index in [0.29, 0.717) is 6.04 Å². The van der Waals surface area contributed by atoms with Gasteiger partial charge in [0.05, 0.1) is 0 Å². The lowest BCUT2D eigenvalue weighted by atomic mass is 9.88. The summed E-state index contributed by atoms with van der Waals surface area (Å²) < 4.78 is 5.53. The van der Waals surface area contributed by atoms with Crippen LogP contribution in [0.2, 0.25) is 0 Å². The maximum absolute atomic E-state index is 5.53. The SMILES string of the molecule is CCNC(C1CCOCC1)C1SCCSC1CC. The first-order valence-corrected chi connectivity index (χ1v) is 9.50. The van der Waals surface area contributed by atoms with E-state index in [2.05, 4.69) is 42.7 Å². The monoisotopic (exact) mass is 289 g/mol. The lowest BCUT2D eigenvalue weighted by molar-refractivity contribution is 0.0535. The van der Waals surface area contributed by atoms with Gasteiger partial charge in [0.25, 0.3) is 0 Å². The standard InChI is InChI=1S/C14H27NOS2/c1-3-12-14(18-10-9-17-12)13(15-4-2)11-5-7-16-8-6-11/h11-15H,3-10H2,1-2H3. The van der Waals surface area contributed by atoms with Crippen LogP contribution in [0.1, 0.15) is 33.1 Å². The van der Waals surface area contributed by atoms with Gasteiger partial charge in [0.15, 0.2) is 0 Å². The Hall–Kier alpha value is 0.620. The van der Waals surface area contributed by atoms with Crippen LogP contribution in [0.25, 0.3) is 0 Å². The Morgan fingerprint density at radius 2 is 1.89 bits per heavy atom. The minimum atomic E-state index is 0.696. The van der Waals surface area contributed by atoms with E-state index in [0.717, 1.165) is 36.2 Å². The number of rotatable bonds is 5. The second-order valence-electron chi connectivity index (χ2n) is 5.19. The molecule has 2 nitrogen and oxygen atoms in total. The second-order valence-corrected chi connectivity index (χ2v) is 7.82. The molecule has 3 atom stereocenters. The van der Waals surface area contributed by atoms with E-state index in [-0.39, 0.29) is 0 Å². The number of nitrogens with one attached hydrogen (secondary N) is 1. The highest BCUT2D eigenvalue weighted by Crippen LogP contribution is 2.38. The molecule has 0 saturated carbocycles. The highest BCUT2D eigenvalue weighted by Gasteiger charge is 2.36. The molecule has 0 amide bonds. The Morgan fingerprint density at radius 1 is 1.17 bits per heavy atom. The van der Waals surface area contributed by atoms with E-state index in [1.165, 1.54) is 30.8 Å². The van der Waals surface area contributed by atoms with Gasteiger partial charge in [-0.2, -0.15) is 23.5 Å². The largest absolute Gasteiger partial charge is 0.381 e. The summed E-state index contributed by atoms with van der Waals surface area (Å²) in [5.41, 5.74) is 0. The summed E-state index contributed by atoms with van der Waals surface area (Å²) in [6.07, 6.45) is 3.80. The molecule has 2 aliphatic rings. The molecule has 2 aliphatic heterocycles. The molecule has 2 saturated heterocycles. The minimum Gasteiger partial charge on any atom is -0.381 e. The van der Waals surface area contributed by atoms with Gasteiger partial charge >= 0.3 is 0 Å². The Labute approximate surface area is 120 Å². The van der Waals surface area contributed by atoms with Crippen molar-refractivity contribution in [2.75, 3.05) is 31.3 Å². The van der Waals surface area contributed by atoms with Crippen molar-refractivity contribution in [3.05, 3.63) is 0 Å². The van der Waals surface area contributed by atoms with E-state index in [1.54, 1.807) is 0 Å². The van der Waals surface area contributed by atoms with Crippen molar-refractivity contribution in [3.63, 3.8) is 0 Å². The fourth-order valence-corrected chi connectivity index (χ4v) is 6.48. The van der Waals surface area contributed by atoms with Crippen molar-refractivity contribution < 1.29 is 4.74 Å². The molecule has 0 spiro atoms. The zero-order chi connectivity index (χ0) is 12.8. The van der Waals surface area contributed by atoms with Crippen LogP contribution in [-0.4, -0.2) is 47.8 Å². The molecule has 2 rings (SSSR count). The predicted octanol–water partition coefficient (Wildman–Crippen LogP) is 3.02. The highest BCUT2D eigenvalue weighted by molar-refractivity contribution is 8.07. The van der Waals surface area contributed by atoms with Crippen LogP contribution >= 0.6 is 23.5 Å². The predicted molar refractivity (Wildman–Crippen MR) is 83.8 cm³/mol. The third-order valence-electron chi connectivity index (χ3n) is 4.06. The summed E-state index contributed by atoms with van der Waals surface area (Å²) in [6.45, 7) is 7.62. The molecule has 2 fully saturated rings. The van der Waals surface area contributed by atoms with Gasteiger partial charge in [-0.15, -0.1) is 0 Å². The molecule has 0 radical (unpaired) electrons. The maximum Gasteiger partial charge on any atom is 0.0469 e. The Balaban J connectivity index is 2.01. The lowest BCUT2D eigenvalue weighted by Crippen LogP contribution is -2.50. The zero-order valence-electron chi connectivity index (χ0n) is 11.7. The fourth-order valence-electron chi connectivity index (χ4n) is 3.13. The highest BCUT2D eigenvalue weighted by atomic mass is 32.2. The summed E-state index contributed by atoms with van der Waals surface area (Å²) in [4.78, 5) is 0. The fraction of sp³-hybridized carbons (Fsp3) is 1.00. The van der Waals surface area contributed by atoms with E-state index < -0.39 is 0 Å². The van der Waals surface area contributed by atoms with Crippen LogP contribution in [0.15, 0.2) is 0 Å². The Kier molecular flexibility index (Phi) is 6.70. The summed E-state index contributed by atoms with van der Waals surface area (Å²) in [6, 6.07) is 0.696. The van der Waals surface area contributed by atoms with Crippen molar-refractivity contribution in [2.45, 2.75) is 49.7 Å². The molecule has 18 heavy (non-hydrogen) atoms. The first-order chi connectivity index (χ1) is 8.86. The normalized spacial score (nSPS) is 32.3. The van der Waals surface area contributed by atoms with Crippen molar-refractivity contribution >= 4 is 23.5 Å². The van der Waals surface area contributed by atoms with E-state index in [1.807, 2.05) is 0 Å². The van der Waals surface area contributed by atoms with Crippen LogP contribution < -0.4 is 5.32 Å². The van der Waals surface area contributed by atoms with E-state index >= 15 is 0 Å². The van der Waals surface area contributed by atoms with Gasteiger partial charge in [0.2, 0.25) is 0 Å². The topological polar surface area (TPSA) is 21.3 Å². The summed E-state index contributed by atoms with van der Waals surface area (Å²) in [5, 5.41) is 5.44. The smallest absolute Gasteiger partial charge is 0.0469 e. The lowest BCUT2D eigenvalue weighted by Gasteiger charge is -2.41. The third kappa shape index (κ3) is 3.81. The van der Waals surface area contributed by atoms with Crippen molar-refractivity contribution in [1.82, 2.24) is 5.32 Å². The molecule has 0 bridgehead atoms. The average Bonchev–Trinajstić information content (AvgIpc) is 2.46. The van der Waals surface area contributed by atoms with Gasteiger partial charge in [-0.3, -0.25) is 0 Å². The summed E-state index contributed by atoms with van der Waals surface area (Å²) in [5.74, 6) is 3.49. The zero-order valence-corrected chi connectivity index (χ0v) is 13.3. The van der Waals surface area contributed by atoms with Gasteiger partial charge < -0.3 is 10.1 Å². The number of hydrogen-bond acceptors (Lipinski definition) is 4. The maximum atomic E-state index is 5.53. The van der Waals surface area contributed by atoms with Gasteiger partial charge in [-0.25, -0.2) is 0 Å². The molecule has 3 unspecified atom stereocenters.